The number of para-hydroxylation sites is 1. The smallest absolute Gasteiger partial charge is 0.200 e. The van der Waals surface area contributed by atoms with Gasteiger partial charge in [-0.25, -0.2) is 26.9 Å². The number of fused-ring (bicyclic) bond motifs is 5. The quantitative estimate of drug-likeness (QED) is 0.0817. The maximum atomic E-state index is 15.6. The summed E-state index contributed by atoms with van der Waals surface area (Å²) in [5.74, 6) is -10.3. The van der Waals surface area contributed by atoms with Gasteiger partial charge < -0.3 is 4.90 Å². The number of hydrogen-bond donors (Lipinski definition) is 0. The first-order valence-corrected chi connectivity index (χ1v) is 22.2. The Labute approximate surface area is 390 Å². The zero-order valence-electron chi connectivity index (χ0n) is 36.9. The number of benzene rings is 9. The van der Waals surface area contributed by atoms with E-state index in [2.05, 4.69) is 127 Å². The third-order valence-corrected chi connectivity index (χ3v) is 13.1. The maximum absolute atomic E-state index is 15.6. The van der Waals surface area contributed by atoms with Gasteiger partial charge in [0.2, 0.25) is 5.82 Å². The van der Waals surface area contributed by atoms with Crippen LogP contribution in [0.1, 0.15) is 25.0 Å². The molecule has 1 heterocycles. The molecule has 0 unspecified atom stereocenters. The standard InChI is InChI=1S/C60H40F5N3/c1-60(2)49-34-41(42-27-33-52(66-36-42)68(59-57(64)55(62)54(61)56(63)58(59)65)45-30-24-40(25-31-45)38-16-8-4-9-17-38)26-32-48(49)53-47-21-13-12-20-46(47)51(35-50(53)60)67(43-18-10-5-11-19-43)44-28-22-39(23-29-44)37-14-6-3-7-15-37/h3-36H,1-2H3. The van der Waals surface area contributed by atoms with Gasteiger partial charge in [0.05, 0.1) is 5.69 Å². The van der Waals surface area contributed by atoms with E-state index in [0.29, 0.717) is 5.56 Å². The first kappa shape index (κ1) is 42.3. The molecule has 9 aromatic carbocycles. The van der Waals surface area contributed by atoms with Crippen molar-refractivity contribution in [1.82, 2.24) is 4.98 Å². The predicted molar refractivity (Wildman–Crippen MR) is 265 cm³/mol. The van der Waals surface area contributed by atoms with Crippen LogP contribution in [0.3, 0.4) is 0 Å². The fraction of sp³-hybridized carbons (Fsp3) is 0.0500. The molecule has 0 bridgehead atoms. The van der Waals surface area contributed by atoms with Gasteiger partial charge in [-0.05, 0) is 116 Å². The molecule has 0 fully saturated rings. The minimum absolute atomic E-state index is 0.0463. The molecular formula is C60H40F5N3. The second-order valence-electron chi connectivity index (χ2n) is 17.4. The van der Waals surface area contributed by atoms with Crippen LogP contribution in [0.15, 0.2) is 206 Å². The van der Waals surface area contributed by atoms with Crippen molar-refractivity contribution in [1.29, 1.82) is 0 Å². The van der Waals surface area contributed by atoms with Crippen molar-refractivity contribution in [3.05, 3.63) is 247 Å². The number of anilines is 6. The molecule has 0 saturated carbocycles. The molecule has 3 nitrogen and oxygen atoms in total. The zero-order valence-corrected chi connectivity index (χ0v) is 36.9. The summed E-state index contributed by atoms with van der Waals surface area (Å²) in [4.78, 5) is 7.90. The Bertz CT molecular complexity index is 3480. The van der Waals surface area contributed by atoms with E-state index in [4.69, 9.17) is 0 Å². The van der Waals surface area contributed by atoms with Crippen molar-refractivity contribution >= 4 is 45.0 Å². The van der Waals surface area contributed by atoms with Crippen LogP contribution in [0.25, 0.3) is 55.3 Å². The van der Waals surface area contributed by atoms with Crippen LogP contribution < -0.4 is 9.80 Å². The lowest BCUT2D eigenvalue weighted by molar-refractivity contribution is 0.380. The fourth-order valence-electron chi connectivity index (χ4n) is 9.65. The van der Waals surface area contributed by atoms with Crippen molar-refractivity contribution in [3.8, 4) is 44.5 Å². The molecule has 11 rings (SSSR count). The molecule has 68 heavy (non-hydrogen) atoms. The van der Waals surface area contributed by atoms with E-state index in [1.165, 1.54) is 11.6 Å². The van der Waals surface area contributed by atoms with Crippen LogP contribution in [0.4, 0.5) is 56.2 Å². The average Bonchev–Trinajstić information content (AvgIpc) is 3.62. The number of halogens is 5. The van der Waals surface area contributed by atoms with Crippen LogP contribution in [-0.4, -0.2) is 4.98 Å². The summed E-state index contributed by atoms with van der Waals surface area (Å²) in [6.07, 6.45) is 1.55. The summed E-state index contributed by atoms with van der Waals surface area (Å²) >= 11 is 0. The Morgan fingerprint density at radius 2 is 0.838 bits per heavy atom. The molecule has 1 aliphatic rings. The van der Waals surface area contributed by atoms with E-state index in [1.54, 1.807) is 36.5 Å². The van der Waals surface area contributed by atoms with Crippen molar-refractivity contribution in [3.63, 3.8) is 0 Å². The lowest BCUT2D eigenvalue weighted by Crippen LogP contribution is -2.18. The molecule has 0 N–H and O–H groups in total. The van der Waals surface area contributed by atoms with Crippen LogP contribution in [0.2, 0.25) is 0 Å². The van der Waals surface area contributed by atoms with E-state index < -0.39 is 40.2 Å². The highest BCUT2D eigenvalue weighted by Crippen LogP contribution is 2.55. The van der Waals surface area contributed by atoms with Gasteiger partial charge in [0.25, 0.3) is 0 Å². The van der Waals surface area contributed by atoms with E-state index in [1.807, 2.05) is 60.7 Å². The van der Waals surface area contributed by atoms with Gasteiger partial charge in [-0.2, -0.15) is 0 Å². The Morgan fingerprint density at radius 3 is 1.40 bits per heavy atom. The van der Waals surface area contributed by atoms with Crippen LogP contribution in [-0.2, 0) is 5.41 Å². The zero-order chi connectivity index (χ0) is 46.7. The van der Waals surface area contributed by atoms with Gasteiger partial charge in [-0.15, -0.1) is 0 Å². The van der Waals surface area contributed by atoms with Gasteiger partial charge in [0, 0.05) is 39.6 Å². The summed E-state index contributed by atoms with van der Waals surface area (Å²) in [5.41, 5.74) is 11.7. The van der Waals surface area contributed by atoms with E-state index in [-0.39, 0.29) is 11.5 Å². The Morgan fingerprint density at radius 1 is 0.382 bits per heavy atom. The molecule has 0 atom stereocenters. The summed E-state index contributed by atoms with van der Waals surface area (Å²) in [6, 6.07) is 65.8. The predicted octanol–water partition coefficient (Wildman–Crippen LogP) is 17.2. The maximum Gasteiger partial charge on any atom is 0.200 e. The lowest BCUT2D eigenvalue weighted by atomic mass is 9.81. The van der Waals surface area contributed by atoms with Crippen LogP contribution >= 0.6 is 0 Å². The largest absolute Gasteiger partial charge is 0.310 e. The van der Waals surface area contributed by atoms with Gasteiger partial charge in [0.1, 0.15) is 11.5 Å². The molecular weight excluding hydrogens is 858 g/mol. The third kappa shape index (κ3) is 7.08. The molecule has 1 aromatic heterocycles. The Kier molecular flexibility index (Phi) is 10.5. The summed E-state index contributed by atoms with van der Waals surface area (Å²) < 4.78 is 75.2. The number of rotatable bonds is 9. The number of aromatic nitrogens is 1. The van der Waals surface area contributed by atoms with Gasteiger partial charge >= 0.3 is 0 Å². The van der Waals surface area contributed by atoms with Crippen LogP contribution in [0.5, 0.6) is 0 Å². The Hall–Kier alpha value is -8.36. The summed E-state index contributed by atoms with van der Waals surface area (Å²) in [5, 5.41) is 2.22. The minimum Gasteiger partial charge on any atom is -0.310 e. The third-order valence-electron chi connectivity index (χ3n) is 13.1. The first-order chi connectivity index (χ1) is 33.1. The topological polar surface area (TPSA) is 19.4 Å². The minimum atomic E-state index is -2.24. The van der Waals surface area contributed by atoms with Crippen molar-refractivity contribution in [2.45, 2.75) is 19.3 Å². The first-order valence-electron chi connectivity index (χ1n) is 22.2. The van der Waals surface area contributed by atoms with Crippen molar-refractivity contribution in [2.24, 2.45) is 0 Å². The van der Waals surface area contributed by atoms with Crippen molar-refractivity contribution < 1.29 is 22.0 Å². The molecule has 8 heteroatoms. The summed E-state index contributed by atoms with van der Waals surface area (Å²) in [7, 11) is 0. The number of nitrogens with zero attached hydrogens (tertiary/aromatic N) is 3. The monoisotopic (exact) mass is 897 g/mol. The van der Waals surface area contributed by atoms with Crippen molar-refractivity contribution in [2.75, 3.05) is 9.80 Å². The molecule has 0 aliphatic heterocycles. The van der Waals surface area contributed by atoms with E-state index >= 15 is 8.78 Å². The van der Waals surface area contributed by atoms with Gasteiger partial charge in [-0.3, -0.25) is 4.90 Å². The highest BCUT2D eigenvalue weighted by Gasteiger charge is 2.38. The summed E-state index contributed by atoms with van der Waals surface area (Å²) in [6.45, 7) is 4.46. The fourth-order valence-corrected chi connectivity index (χ4v) is 9.65. The second-order valence-corrected chi connectivity index (χ2v) is 17.4. The molecule has 0 amide bonds. The SMILES string of the molecule is CC1(C)c2cc(-c3ccc(N(c4ccc(-c5ccccc5)cc4)c4c(F)c(F)c(F)c(F)c4F)nc3)ccc2-c2c1cc(N(c1ccccc1)c1ccc(-c3ccccc3)cc1)c1ccccc21. The average molecular weight is 898 g/mol. The molecule has 1 aliphatic carbocycles. The lowest BCUT2D eigenvalue weighted by Gasteiger charge is -2.30. The molecule has 0 radical (unpaired) electrons. The van der Waals surface area contributed by atoms with Crippen LogP contribution in [0, 0.1) is 29.1 Å². The number of pyridine rings is 1. The highest BCUT2D eigenvalue weighted by molar-refractivity contribution is 6.10. The molecule has 0 saturated heterocycles. The normalized spacial score (nSPS) is 12.5. The van der Waals surface area contributed by atoms with Gasteiger partial charge in [-0.1, -0.05) is 153 Å². The molecule has 10 aromatic rings. The molecule has 0 spiro atoms. The molecule has 330 valence electrons. The highest BCUT2D eigenvalue weighted by atomic mass is 19.2. The Balaban J connectivity index is 0.989. The second kappa shape index (κ2) is 16.8. The van der Waals surface area contributed by atoms with E-state index in [0.717, 1.165) is 77.2 Å². The van der Waals surface area contributed by atoms with E-state index in [9.17, 15) is 13.2 Å². The van der Waals surface area contributed by atoms with Gasteiger partial charge in [0.15, 0.2) is 23.3 Å². The number of hydrogen-bond acceptors (Lipinski definition) is 3.